The van der Waals surface area contributed by atoms with Crippen molar-refractivity contribution in [2.45, 2.75) is 84.7 Å². The Labute approximate surface area is 269 Å². The largest absolute Gasteiger partial charge is 0.356 e. The lowest BCUT2D eigenvalue weighted by molar-refractivity contribution is -0.384. The van der Waals surface area contributed by atoms with Crippen molar-refractivity contribution in [1.29, 1.82) is 0 Å². The van der Waals surface area contributed by atoms with E-state index in [0.717, 1.165) is 5.56 Å². The number of amides is 3. The summed E-state index contributed by atoms with van der Waals surface area (Å²) < 4.78 is 0. The lowest BCUT2D eigenvalue weighted by Gasteiger charge is -2.21. The Kier molecular flexibility index (Phi) is 15.4. The molecule has 0 saturated carbocycles. The van der Waals surface area contributed by atoms with Gasteiger partial charge in [0, 0.05) is 56.7 Å². The van der Waals surface area contributed by atoms with Crippen LogP contribution in [-0.2, 0) is 41.6 Å². The third kappa shape index (κ3) is 13.5. The van der Waals surface area contributed by atoms with E-state index in [9.17, 15) is 38.9 Å². The van der Waals surface area contributed by atoms with Gasteiger partial charge in [-0.15, -0.1) is 0 Å². The van der Waals surface area contributed by atoms with Crippen LogP contribution in [0, 0.1) is 22.0 Å². The SMILES string of the molecule is CC(=O)C[C@@H](C)C(=O)N[C@@H](C)C(=O)C[C@@H](Cc1ccccc1)C(=O)NCCCC[C@H](NC(C)=O)C(=O)Cc1ccc([N+](=O)[O-])cc1. The number of non-ortho nitro benzene ring substituents is 1. The van der Waals surface area contributed by atoms with Gasteiger partial charge in [-0.25, -0.2) is 0 Å². The van der Waals surface area contributed by atoms with E-state index >= 15 is 0 Å². The molecule has 0 spiro atoms. The Bertz CT molecular complexity index is 1380. The summed E-state index contributed by atoms with van der Waals surface area (Å²) in [6.45, 7) is 6.19. The number of nitro groups is 1. The molecule has 0 aliphatic heterocycles. The van der Waals surface area contributed by atoms with E-state index in [2.05, 4.69) is 16.0 Å². The molecule has 0 unspecified atom stereocenters. The van der Waals surface area contributed by atoms with E-state index in [-0.39, 0.29) is 60.7 Å². The van der Waals surface area contributed by atoms with Crippen molar-refractivity contribution in [3.05, 3.63) is 75.8 Å². The number of hydrogen-bond donors (Lipinski definition) is 3. The van der Waals surface area contributed by atoms with Crippen molar-refractivity contribution in [2.24, 2.45) is 11.8 Å². The van der Waals surface area contributed by atoms with Crippen LogP contribution < -0.4 is 16.0 Å². The molecule has 0 fully saturated rings. The Morgan fingerprint density at radius 1 is 0.783 bits per heavy atom. The van der Waals surface area contributed by atoms with Gasteiger partial charge in [-0.05, 0) is 50.7 Å². The zero-order valence-electron chi connectivity index (χ0n) is 26.9. The highest BCUT2D eigenvalue weighted by molar-refractivity contribution is 5.93. The van der Waals surface area contributed by atoms with E-state index in [4.69, 9.17) is 0 Å². The zero-order chi connectivity index (χ0) is 34.2. The second-order valence-electron chi connectivity index (χ2n) is 11.7. The van der Waals surface area contributed by atoms with Gasteiger partial charge in [-0.1, -0.05) is 49.4 Å². The van der Waals surface area contributed by atoms with E-state index in [0.29, 0.717) is 31.2 Å². The van der Waals surface area contributed by atoms with Crippen LogP contribution in [0.3, 0.4) is 0 Å². The molecule has 248 valence electrons. The van der Waals surface area contributed by atoms with Crippen LogP contribution >= 0.6 is 0 Å². The summed E-state index contributed by atoms with van der Waals surface area (Å²) in [7, 11) is 0. The van der Waals surface area contributed by atoms with Crippen LogP contribution in [0.5, 0.6) is 0 Å². The molecule has 4 atom stereocenters. The van der Waals surface area contributed by atoms with Gasteiger partial charge in [0.1, 0.15) is 5.78 Å². The fourth-order valence-electron chi connectivity index (χ4n) is 4.98. The molecule has 0 aromatic heterocycles. The summed E-state index contributed by atoms with van der Waals surface area (Å²) in [5.74, 6) is -2.98. The fraction of sp³-hybridized carbons (Fsp3) is 0.471. The topological polar surface area (TPSA) is 182 Å². The Balaban J connectivity index is 1.94. The Morgan fingerprint density at radius 2 is 1.43 bits per heavy atom. The molecule has 0 heterocycles. The molecule has 0 aliphatic carbocycles. The molecule has 3 amide bonds. The van der Waals surface area contributed by atoms with Crippen molar-refractivity contribution < 1.29 is 33.7 Å². The van der Waals surface area contributed by atoms with Gasteiger partial charge in [0.15, 0.2) is 11.6 Å². The first kappa shape index (κ1) is 37.4. The second kappa shape index (κ2) is 18.9. The normalized spacial score (nSPS) is 13.4. The number of hydrogen-bond acceptors (Lipinski definition) is 8. The van der Waals surface area contributed by atoms with E-state index in [1.165, 1.54) is 38.1 Å². The molecule has 2 aromatic carbocycles. The number of carbonyl (C=O) groups is 6. The third-order valence-corrected chi connectivity index (χ3v) is 7.54. The third-order valence-electron chi connectivity index (χ3n) is 7.54. The molecule has 12 nitrogen and oxygen atoms in total. The smallest absolute Gasteiger partial charge is 0.269 e. The van der Waals surface area contributed by atoms with Crippen LogP contribution in [0.2, 0.25) is 0 Å². The minimum atomic E-state index is -0.831. The molecule has 0 radical (unpaired) electrons. The zero-order valence-corrected chi connectivity index (χ0v) is 26.9. The van der Waals surface area contributed by atoms with Crippen molar-refractivity contribution >= 4 is 40.8 Å². The number of nitro benzene ring substituents is 1. The van der Waals surface area contributed by atoms with Crippen molar-refractivity contribution in [3.63, 3.8) is 0 Å². The maximum atomic E-state index is 13.2. The van der Waals surface area contributed by atoms with Gasteiger partial charge in [0.2, 0.25) is 17.7 Å². The van der Waals surface area contributed by atoms with Crippen molar-refractivity contribution in [3.8, 4) is 0 Å². The summed E-state index contributed by atoms with van der Waals surface area (Å²) >= 11 is 0. The Morgan fingerprint density at radius 3 is 2.02 bits per heavy atom. The predicted octanol–water partition coefficient (Wildman–Crippen LogP) is 3.44. The number of nitrogens with zero attached hydrogens (tertiary/aromatic N) is 1. The number of ketones is 3. The predicted molar refractivity (Wildman–Crippen MR) is 172 cm³/mol. The van der Waals surface area contributed by atoms with Gasteiger partial charge in [0.05, 0.1) is 17.0 Å². The minimum absolute atomic E-state index is 0.00336. The number of nitrogens with one attached hydrogen (secondary N) is 3. The summed E-state index contributed by atoms with van der Waals surface area (Å²) in [4.78, 5) is 85.1. The highest BCUT2D eigenvalue weighted by atomic mass is 16.6. The lowest BCUT2D eigenvalue weighted by atomic mass is 9.91. The van der Waals surface area contributed by atoms with Gasteiger partial charge in [0.25, 0.3) is 5.69 Å². The average Bonchev–Trinajstić information content (AvgIpc) is 2.99. The summed E-state index contributed by atoms with van der Waals surface area (Å²) in [5, 5.41) is 19.1. The van der Waals surface area contributed by atoms with E-state index in [1.54, 1.807) is 13.8 Å². The quantitative estimate of drug-likeness (QED) is 0.112. The van der Waals surface area contributed by atoms with Gasteiger partial charge in [-0.3, -0.25) is 34.1 Å². The lowest BCUT2D eigenvalue weighted by Crippen LogP contribution is -2.43. The molecular weight excluding hydrogens is 592 g/mol. The highest BCUT2D eigenvalue weighted by Crippen LogP contribution is 2.16. The molecule has 2 rings (SSSR count). The summed E-state index contributed by atoms with van der Waals surface area (Å²) in [5.41, 5.74) is 1.40. The number of benzene rings is 2. The maximum absolute atomic E-state index is 13.2. The average molecular weight is 637 g/mol. The fourth-order valence-corrected chi connectivity index (χ4v) is 4.98. The molecule has 0 bridgehead atoms. The molecule has 0 aliphatic rings. The van der Waals surface area contributed by atoms with Crippen LogP contribution in [-0.4, -0.2) is 58.6 Å². The number of unbranched alkanes of at least 4 members (excludes halogenated alkanes) is 1. The van der Waals surface area contributed by atoms with Gasteiger partial charge < -0.3 is 20.7 Å². The molecule has 3 N–H and O–H groups in total. The first-order valence-corrected chi connectivity index (χ1v) is 15.4. The number of rotatable bonds is 20. The molecule has 46 heavy (non-hydrogen) atoms. The molecular formula is C34H44N4O8. The van der Waals surface area contributed by atoms with Crippen molar-refractivity contribution in [1.82, 2.24) is 16.0 Å². The van der Waals surface area contributed by atoms with Crippen LogP contribution in [0.1, 0.15) is 70.9 Å². The van der Waals surface area contributed by atoms with E-state index in [1.807, 2.05) is 30.3 Å². The van der Waals surface area contributed by atoms with Crippen LogP contribution in [0.25, 0.3) is 0 Å². The monoisotopic (exact) mass is 636 g/mol. The van der Waals surface area contributed by atoms with Crippen LogP contribution in [0.15, 0.2) is 54.6 Å². The molecule has 2 aromatic rings. The van der Waals surface area contributed by atoms with Gasteiger partial charge in [-0.2, -0.15) is 0 Å². The Hall–Kier alpha value is -4.74. The second-order valence-corrected chi connectivity index (χ2v) is 11.7. The first-order valence-electron chi connectivity index (χ1n) is 15.4. The van der Waals surface area contributed by atoms with E-state index < -0.39 is 34.7 Å². The molecule has 12 heteroatoms. The standard InChI is InChI=1S/C34H44N4O8/c1-22(18-23(2)39)33(43)36-24(3)31(41)21-28(19-26-10-6-5-7-11-26)34(44)35-17-9-8-12-30(37-25(4)40)32(42)20-27-13-15-29(16-14-27)38(45)46/h5-7,10-11,13-16,22,24,28,30H,8-9,12,17-21H2,1-4H3,(H,35,44)(H,36,43)(H,37,40)/t22-,24+,28-,30+/m1/s1. The number of Topliss-reactive ketones (excluding diaryl/α,β-unsaturated/α-hetero) is 3. The molecule has 0 saturated heterocycles. The first-order chi connectivity index (χ1) is 21.8. The van der Waals surface area contributed by atoms with Gasteiger partial charge >= 0.3 is 0 Å². The number of carbonyl (C=O) groups excluding carboxylic acids is 6. The summed E-state index contributed by atoms with van der Waals surface area (Å²) in [6.07, 6.45) is 1.67. The maximum Gasteiger partial charge on any atom is 0.269 e. The highest BCUT2D eigenvalue weighted by Gasteiger charge is 2.27. The minimum Gasteiger partial charge on any atom is -0.356 e. The summed E-state index contributed by atoms with van der Waals surface area (Å²) in [6, 6.07) is 13.4. The van der Waals surface area contributed by atoms with Crippen LogP contribution in [0.4, 0.5) is 5.69 Å². The van der Waals surface area contributed by atoms with Crippen molar-refractivity contribution in [2.75, 3.05) is 6.54 Å².